The lowest BCUT2D eigenvalue weighted by atomic mass is 9.89. The monoisotopic (exact) mass is 216 g/mol. The summed E-state index contributed by atoms with van der Waals surface area (Å²) in [6.07, 6.45) is 0. The third kappa shape index (κ3) is 2.16. The van der Waals surface area contributed by atoms with Crippen molar-refractivity contribution in [1.82, 2.24) is 0 Å². The van der Waals surface area contributed by atoms with Crippen LogP contribution in [0.1, 0.15) is 50.7 Å². The molecule has 0 N–H and O–H groups in total. The topological polar surface area (TPSA) is 0 Å². The fraction of sp³-hybridized carbons (Fsp3) is 0.500. The summed E-state index contributed by atoms with van der Waals surface area (Å²) in [6, 6.07) is 0.622. The van der Waals surface area contributed by atoms with Crippen molar-refractivity contribution in [3.05, 3.63) is 34.6 Å². The summed E-state index contributed by atoms with van der Waals surface area (Å²) >= 11 is 0. The van der Waals surface area contributed by atoms with Crippen LogP contribution >= 0.6 is 0 Å². The minimum absolute atomic E-state index is 0.155. The van der Waals surface area contributed by atoms with Gasteiger partial charge in [-0.2, -0.15) is 0 Å². The molecule has 0 aromatic heterocycles. The predicted octanol–water partition coefficient (Wildman–Crippen LogP) is 4.35. The van der Waals surface area contributed by atoms with Crippen molar-refractivity contribution < 1.29 is 13.2 Å². The highest BCUT2D eigenvalue weighted by molar-refractivity contribution is 5.35. The van der Waals surface area contributed by atoms with Gasteiger partial charge in [-0.3, -0.25) is 0 Å². The molecule has 1 aromatic carbocycles. The average Bonchev–Trinajstić information content (AvgIpc) is 2.09. The van der Waals surface area contributed by atoms with E-state index in [0.717, 1.165) is 0 Å². The van der Waals surface area contributed by atoms with Crippen molar-refractivity contribution in [1.29, 1.82) is 0 Å². The molecule has 84 valence electrons. The van der Waals surface area contributed by atoms with E-state index in [4.69, 9.17) is 0 Å². The van der Waals surface area contributed by atoms with Crippen LogP contribution < -0.4 is 0 Å². The van der Waals surface area contributed by atoms with Gasteiger partial charge in [0.15, 0.2) is 11.6 Å². The smallest absolute Gasteiger partial charge is 0.162 e. The van der Waals surface area contributed by atoms with Gasteiger partial charge in [0.1, 0.15) is 5.82 Å². The molecule has 0 aliphatic heterocycles. The molecule has 0 bridgehead atoms. The highest BCUT2D eigenvalue weighted by Crippen LogP contribution is 2.32. The van der Waals surface area contributed by atoms with E-state index in [0.29, 0.717) is 6.07 Å². The maximum Gasteiger partial charge on any atom is 0.162 e. The summed E-state index contributed by atoms with van der Waals surface area (Å²) in [5.74, 6) is -3.08. The number of hydrogen-bond donors (Lipinski definition) is 0. The standard InChI is InChI=1S/C12H15F3/c1-6(2)10-8(13)5-9(14)12(15)11(10)7(3)4/h5-7H,1-4H3. The van der Waals surface area contributed by atoms with Crippen LogP contribution in [0.25, 0.3) is 0 Å². The van der Waals surface area contributed by atoms with Crippen LogP contribution in [0, 0.1) is 17.5 Å². The van der Waals surface area contributed by atoms with Gasteiger partial charge in [-0.05, 0) is 23.0 Å². The first-order valence-corrected chi connectivity index (χ1v) is 5.03. The maximum atomic E-state index is 13.5. The van der Waals surface area contributed by atoms with Crippen LogP contribution in [-0.2, 0) is 0 Å². The van der Waals surface area contributed by atoms with Gasteiger partial charge < -0.3 is 0 Å². The molecule has 15 heavy (non-hydrogen) atoms. The zero-order chi connectivity index (χ0) is 11.7. The van der Waals surface area contributed by atoms with Crippen molar-refractivity contribution in [3.63, 3.8) is 0 Å². The van der Waals surface area contributed by atoms with E-state index in [2.05, 4.69) is 0 Å². The quantitative estimate of drug-likeness (QED) is 0.645. The summed E-state index contributed by atoms with van der Waals surface area (Å²) in [5.41, 5.74) is 0.436. The first kappa shape index (κ1) is 12.1. The molecule has 3 heteroatoms. The lowest BCUT2D eigenvalue weighted by Crippen LogP contribution is -2.07. The Labute approximate surface area is 88.1 Å². The normalized spacial score (nSPS) is 11.5. The van der Waals surface area contributed by atoms with Crippen molar-refractivity contribution in [2.24, 2.45) is 0 Å². The molecule has 1 rings (SSSR count). The van der Waals surface area contributed by atoms with Crippen molar-refractivity contribution in [2.45, 2.75) is 39.5 Å². The predicted molar refractivity (Wildman–Crippen MR) is 54.5 cm³/mol. The zero-order valence-corrected chi connectivity index (χ0v) is 9.37. The van der Waals surface area contributed by atoms with Gasteiger partial charge in [-0.1, -0.05) is 27.7 Å². The molecule has 0 fully saturated rings. The number of benzene rings is 1. The first-order chi connectivity index (χ1) is 6.86. The largest absolute Gasteiger partial charge is 0.207 e. The van der Waals surface area contributed by atoms with E-state index in [1.165, 1.54) is 0 Å². The number of hydrogen-bond acceptors (Lipinski definition) is 0. The van der Waals surface area contributed by atoms with E-state index in [1.54, 1.807) is 27.7 Å². The lowest BCUT2D eigenvalue weighted by Gasteiger charge is -2.17. The van der Waals surface area contributed by atoms with Gasteiger partial charge in [-0.15, -0.1) is 0 Å². The Morgan fingerprint density at radius 3 is 1.67 bits per heavy atom. The second-order valence-electron chi connectivity index (χ2n) is 4.29. The highest BCUT2D eigenvalue weighted by atomic mass is 19.2. The van der Waals surface area contributed by atoms with Crippen LogP contribution in [0.2, 0.25) is 0 Å². The molecule has 0 aliphatic rings. The van der Waals surface area contributed by atoms with Crippen molar-refractivity contribution in [3.8, 4) is 0 Å². The first-order valence-electron chi connectivity index (χ1n) is 5.03. The Hall–Kier alpha value is -0.990. The summed E-state index contributed by atoms with van der Waals surface area (Å²) in [7, 11) is 0. The molecule has 0 saturated heterocycles. The van der Waals surface area contributed by atoms with Gasteiger partial charge >= 0.3 is 0 Å². The van der Waals surface area contributed by atoms with E-state index in [1.807, 2.05) is 0 Å². The zero-order valence-electron chi connectivity index (χ0n) is 9.37. The minimum Gasteiger partial charge on any atom is -0.207 e. The molecule has 1 aromatic rings. The molecule has 0 spiro atoms. The minimum atomic E-state index is -1.11. The van der Waals surface area contributed by atoms with Crippen LogP contribution in [0.4, 0.5) is 13.2 Å². The van der Waals surface area contributed by atoms with Gasteiger partial charge in [-0.25, -0.2) is 13.2 Å². The Bertz CT molecular complexity index is 368. The van der Waals surface area contributed by atoms with Crippen molar-refractivity contribution in [2.75, 3.05) is 0 Å². The Kier molecular flexibility index (Phi) is 3.42. The van der Waals surface area contributed by atoms with Crippen molar-refractivity contribution >= 4 is 0 Å². The van der Waals surface area contributed by atoms with E-state index in [-0.39, 0.29) is 23.0 Å². The molecule has 0 aliphatic carbocycles. The number of halogens is 3. The molecule has 0 radical (unpaired) electrons. The molecule has 0 saturated carbocycles. The Morgan fingerprint density at radius 1 is 0.800 bits per heavy atom. The summed E-state index contributed by atoms with van der Waals surface area (Å²) in [4.78, 5) is 0. The molecule has 0 unspecified atom stereocenters. The SMILES string of the molecule is CC(C)c1c(F)cc(F)c(F)c1C(C)C. The molecular weight excluding hydrogens is 201 g/mol. The second-order valence-corrected chi connectivity index (χ2v) is 4.29. The van der Waals surface area contributed by atoms with Crippen LogP contribution in [0.3, 0.4) is 0 Å². The van der Waals surface area contributed by atoms with Gasteiger partial charge in [0, 0.05) is 6.07 Å². The maximum absolute atomic E-state index is 13.5. The fourth-order valence-electron chi connectivity index (χ4n) is 1.78. The van der Waals surface area contributed by atoms with Crippen LogP contribution in [0.15, 0.2) is 6.07 Å². The fourth-order valence-corrected chi connectivity index (χ4v) is 1.78. The molecular formula is C12H15F3. The van der Waals surface area contributed by atoms with Crippen LogP contribution in [0.5, 0.6) is 0 Å². The lowest BCUT2D eigenvalue weighted by molar-refractivity contribution is 0.470. The Morgan fingerprint density at radius 2 is 1.27 bits per heavy atom. The Balaban J connectivity index is 3.54. The molecule has 0 atom stereocenters. The van der Waals surface area contributed by atoms with Gasteiger partial charge in [0.2, 0.25) is 0 Å². The van der Waals surface area contributed by atoms with E-state index in [9.17, 15) is 13.2 Å². The van der Waals surface area contributed by atoms with E-state index < -0.39 is 17.5 Å². The third-order valence-corrected chi connectivity index (χ3v) is 2.40. The van der Waals surface area contributed by atoms with E-state index >= 15 is 0 Å². The third-order valence-electron chi connectivity index (χ3n) is 2.40. The number of rotatable bonds is 2. The summed E-state index contributed by atoms with van der Waals surface area (Å²) in [6.45, 7) is 6.98. The van der Waals surface area contributed by atoms with Gasteiger partial charge in [0.25, 0.3) is 0 Å². The summed E-state index contributed by atoms with van der Waals surface area (Å²) < 4.78 is 40.0. The average molecular weight is 216 g/mol. The van der Waals surface area contributed by atoms with Crippen LogP contribution in [-0.4, -0.2) is 0 Å². The second kappa shape index (κ2) is 4.25. The van der Waals surface area contributed by atoms with Gasteiger partial charge in [0.05, 0.1) is 0 Å². The summed E-state index contributed by atoms with van der Waals surface area (Å²) in [5, 5.41) is 0. The highest BCUT2D eigenvalue weighted by Gasteiger charge is 2.22. The molecule has 0 heterocycles. The molecule has 0 amide bonds. The molecule has 0 nitrogen and oxygen atoms in total.